The van der Waals surface area contributed by atoms with Crippen LogP contribution in [-0.2, 0) is 16.0 Å². The van der Waals surface area contributed by atoms with Crippen LogP contribution in [0.25, 0.3) is 5.57 Å². The summed E-state index contributed by atoms with van der Waals surface area (Å²) in [7, 11) is 0. The third-order valence-electron chi connectivity index (χ3n) is 2.59. The van der Waals surface area contributed by atoms with Crippen molar-refractivity contribution in [2.24, 2.45) is 0 Å². The molecule has 0 aliphatic carbocycles. The summed E-state index contributed by atoms with van der Waals surface area (Å²) in [5.74, 6) is -3.05. The van der Waals surface area contributed by atoms with E-state index in [-0.39, 0.29) is 54.5 Å². The number of carboxylic acid groups (broad SMARTS) is 2. The molecule has 0 N–H and O–H groups in total. The molecule has 1 rings (SSSR count). The molecule has 19 heavy (non-hydrogen) atoms. The molecule has 0 saturated carbocycles. The SMILES string of the molecule is CCCCc1ccccc1/C(=C/C(=O)[O-])C(=O)[O-].[Ba+2]. The number of hydrogen-bond acceptors (Lipinski definition) is 4. The molecule has 96 valence electrons. The van der Waals surface area contributed by atoms with Gasteiger partial charge in [0, 0.05) is 5.57 Å². The van der Waals surface area contributed by atoms with Crippen LogP contribution in [0.5, 0.6) is 0 Å². The van der Waals surface area contributed by atoms with E-state index >= 15 is 0 Å². The Hall–Kier alpha value is -0.529. The Kier molecular flexibility index (Phi) is 9.13. The zero-order valence-electron chi connectivity index (χ0n) is 10.8. The second-order valence-electron chi connectivity index (χ2n) is 3.93. The predicted octanol–water partition coefficient (Wildman–Crippen LogP) is -0.468. The molecule has 1 aromatic carbocycles. The van der Waals surface area contributed by atoms with Gasteiger partial charge in [-0.05, 0) is 30.0 Å². The second kappa shape index (κ2) is 9.39. The summed E-state index contributed by atoms with van der Waals surface area (Å²) in [6.45, 7) is 2.03. The van der Waals surface area contributed by atoms with Crippen molar-refractivity contribution >= 4 is 66.4 Å². The van der Waals surface area contributed by atoms with Gasteiger partial charge in [0.2, 0.25) is 0 Å². The first kappa shape index (κ1) is 18.5. The first-order chi connectivity index (χ1) is 8.56. The average Bonchev–Trinajstić information content (AvgIpc) is 2.33. The summed E-state index contributed by atoms with van der Waals surface area (Å²) >= 11 is 0. The molecule has 0 aromatic heterocycles. The summed E-state index contributed by atoms with van der Waals surface area (Å²) in [4.78, 5) is 21.5. The Morgan fingerprint density at radius 2 is 1.84 bits per heavy atom. The van der Waals surface area contributed by atoms with Crippen molar-refractivity contribution in [1.82, 2.24) is 0 Å². The molecule has 5 heteroatoms. The van der Waals surface area contributed by atoms with E-state index < -0.39 is 11.9 Å². The van der Waals surface area contributed by atoms with Crippen molar-refractivity contribution in [1.29, 1.82) is 0 Å². The number of unbranched alkanes of at least 4 members (excludes halogenated alkanes) is 1. The van der Waals surface area contributed by atoms with Gasteiger partial charge in [-0.25, -0.2) is 0 Å². The van der Waals surface area contributed by atoms with Crippen LogP contribution >= 0.6 is 0 Å². The molecule has 0 aliphatic rings. The van der Waals surface area contributed by atoms with Gasteiger partial charge in [0.05, 0.1) is 11.9 Å². The van der Waals surface area contributed by atoms with Gasteiger partial charge in [0.1, 0.15) is 0 Å². The minimum Gasteiger partial charge on any atom is -0.545 e. The summed E-state index contributed by atoms with van der Waals surface area (Å²) in [5.41, 5.74) is 0.841. The molecule has 0 fully saturated rings. The quantitative estimate of drug-likeness (QED) is 0.491. The van der Waals surface area contributed by atoms with E-state index in [1.807, 2.05) is 6.92 Å². The van der Waals surface area contributed by atoms with Crippen molar-refractivity contribution < 1.29 is 19.8 Å². The van der Waals surface area contributed by atoms with Crippen LogP contribution in [0.3, 0.4) is 0 Å². The van der Waals surface area contributed by atoms with Gasteiger partial charge in [-0.1, -0.05) is 37.6 Å². The summed E-state index contributed by atoms with van der Waals surface area (Å²) in [6.07, 6.45) is 3.15. The monoisotopic (exact) mass is 384 g/mol. The zero-order chi connectivity index (χ0) is 13.5. The molecule has 1 aromatic rings. The van der Waals surface area contributed by atoms with E-state index in [2.05, 4.69) is 0 Å². The van der Waals surface area contributed by atoms with Crippen LogP contribution in [0.2, 0.25) is 0 Å². The fraction of sp³-hybridized carbons (Fsp3) is 0.286. The van der Waals surface area contributed by atoms with Crippen molar-refractivity contribution in [3.63, 3.8) is 0 Å². The molecule has 0 saturated heterocycles. The van der Waals surface area contributed by atoms with Crippen molar-refractivity contribution in [3.05, 3.63) is 41.5 Å². The molecule has 0 bridgehead atoms. The molecule has 0 radical (unpaired) electrons. The van der Waals surface area contributed by atoms with Gasteiger partial charge in [-0.2, -0.15) is 0 Å². The zero-order valence-corrected chi connectivity index (χ0v) is 15.3. The first-order valence-corrected chi connectivity index (χ1v) is 5.78. The normalized spacial score (nSPS) is 10.7. The molecule has 0 spiro atoms. The number of carboxylic acids is 2. The summed E-state index contributed by atoms with van der Waals surface area (Å²) in [6, 6.07) is 6.82. The standard InChI is InChI=1S/C14H16O4.Ba/c1-2-3-6-10-7-4-5-8-11(10)12(14(17)18)9-13(15)16;/h4-5,7-9H,2-3,6H2,1H3,(H,15,16)(H,17,18);/q;+2/p-2/b12-9-;. The van der Waals surface area contributed by atoms with Crippen LogP contribution < -0.4 is 10.2 Å². The van der Waals surface area contributed by atoms with Gasteiger partial charge < -0.3 is 19.8 Å². The minimum atomic E-state index is -1.54. The maximum atomic E-state index is 11.0. The minimum absolute atomic E-state index is 0. The van der Waals surface area contributed by atoms with Crippen LogP contribution in [0.15, 0.2) is 30.3 Å². The van der Waals surface area contributed by atoms with E-state index in [9.17, 15) is 19.8 Å². The van der Waals surface area contributed by atoms with E-state index in [4.69, 9.17) is 0 Å². The molecule has 0 heterocycles. The Morgan fingerprint density at radius 3 is 2.37 bits per heavy atom. The molecule has 0 atom stereocenters. The van der Waals surface area contributed by atoms with Crippen molar-refractivity contribution in [3.8, 4) is 0 Å². The van der Waals surface area contributed by atoms with Gasteiger partial charge in [0.25, 0.3) is 0 Å². The average molecular weight is 384 g/mol. The van der Waals surface area contributed by atoms with E-state index in [0.29, 0.717) is 18.1 Å². The molecule has 4 nitrogen and oxygen atoms in total. The Bertz CT molecular complexity index is 480. The second-order valence-corrected chi connectivity index (χ2v) is 3.93. The van der Waals surface area contributed by atoms with Gasteiger partial charge in [-0.3, -0.25) is 0 Å². The third kappa shape index (κ3) is 5.97. The number of aliphatic carboxylic acids is 2. The predicted molar refractivity (Wildman–Crippen MR) is 68.8 cm³/mol. The number of carbonyl (C=O) groups is 2. The van der Waals surface area contributed by atoms with Crippen LogP contribution in [0.1, 0.15) is 30.9 Å². The van der Waals surface area contributed by atoms with Crippen LogP contribution in [0, 0.1) is 0 Å². The van der Waals surface area contributed by atoms with Gasteiger partial charge in [0.15, 0.2) is 0 Å². The van der Waals surface area contributed by atoms with E-state index in [1.165, 1.54) is 0 Å². The van der Waals surface area contributed by atoms with E-state index in [0.717, 1.165) is 18.4 Å². The molecule has 0 aliphatic heterocycles. The van der Waals surface area contributed by atoms with Crippen molar-refractivity contribution in [2.75, 3.05) is 0 Å². The third-order valence-corrected chi connectivity index (χ3v) is 2.59. The first-order valence-electron chi connectivity index (χ1n) is 5.78. The van der Waals surface area contributed by atoms with Crippen LogP contribution in [0.4, 0.5) is 0 Å². The largest absolute Gasteiger partial charge is 2.00 e. The Labute approximate surface area is 152 Å². The maximum absolute atomic E-state index is 11.0. The summed E-state index contributed by atoms with van der Waals surface area (Å²) in [5, 5.41) is 21.5. The van der Waals surface area contributed by atoms with E-state index in [1.54, 1.807) is 24.3 Å². The molecule has 0 unspecified atom stereocenters. The number of hydrogen-bond donors (Lipinski definition) is 0. The molecular formula is C14H14BaO4. The number of rotatable bonds is 6. The van der Waals surface area contributed by atoms with Gasteiger partial charge >= 0.3 is 48.9 Å². The fourth-order valence-corrected chi connectivity index (χ4v) is 1.73. The van der Waals surface area contributed by atoms with Crippen molar-refractivity contribution in [2.45, 2.75) is 26.2 Å². The maximum Gasteiger partial charge on any atom is 2.00 e. The topological polar surface area (TPSA) is 80.3 Å². The summed E-state index contributed by atoms with van der Waals surface area (Å²) < 4.78 is 0. The molecular weight excluding hydrogens is 369 g/mol. The Balaban J connectivity index is 0.00000324. The van der Waals surface area contributed by atoms with Gasteiger partial charge in [-0.15, -0.1) is 0 Å². The smallest absolute Gasteiger partial charge is 0.545 e. The molecule has 0 amide bonds. The fourth-order valence-electron chi connectivity index (χ4n) is 1.73. The Morgan fingerprint density at radius 1 is 1.21 bits per heavy atom. The van der Waals surface area contributed by atoms with Crippen LogP contribution in [-0.4, -0.2) is 60.8 Å². The number of carbonyl (C=O) groups excluding carboxylic acids is 2. The number of benzene rings is 1. The number of aryl methyl sites for hydroxylation is 1.